The van der Waals surface area contributed by atoms with Crippen LogP contribution in [0.3, 0.4) is 0 Å². The average molecular weight is 232 g/mol. The van der Waals surface area contributed by atoms with E-state index < -0.39 is 17.8 Å². The van der Waals surface area contributed by atoms with Crippen molar-refractivity contribution in [2.75, 3.05) is 0 Å². The second kappa shape index (κ2) is 5.06. The Labute approximate surface area is 91.4 Å². The van der Waals surface area contributed by atoms with Gasteiger partial charge >= 0.3 is 0 Å². The summed E-state index contributed by atoms with van der Waals surface area (Å²) >= 11 is 5.57. The molecule has 0 aliphatic carbocycles. The van der Waals surface area contributed by atoms with Gasteiger partial charge in [0.1, 0.15) is 5.82 Å². The zero-order valence-corrected chi connectivity index (χ0v) is 8.59. The van der Waals surface area contributed by atoms with Crippen LogP contribution in [0.25, 0.3) is 0 Å². The predicted molar refractivity (Wildman–Crippen MR) is 55.4 cm³/mol. The smallest absolute Gasteiger partial charge is 0.251 e. The van der Waals surface area contributed by atoms with E-state index in [9.17, 15) is 9.18 Å². The molecular formula is C9H11ClFN3O. The van der Waals surface area contributed by atoms with Crippen LogP contribution in [0.2, 0.25) is 5.02 Å². The number of hydrogen-bond acceptors (Lipinski definition) is 3. The SMILES string of the molecule is NNC(=O)C(N)Cc1ccc(F)c(Cl)c1. The van der Waals surface area contributed by atoms with Gasteiger partial charge in [-0.05, 0) is 24.1 Å². The summed E-state index contributed by atoms with van der Waals surface area (Å²) in [6.07, 6.45) is 0.253. The summed E-state index contributed by atoms with van der Waals surface area (Å²) < 4.78 is 12.8. The van der Waals surface area contributed by atoms with Crippen LogP contribution in [0.1, 0.15) is 5.56 Å². The molecule has 1 atom stereocenters. The van der Waals surface area contributed by atoms with Crippen molar-refractivity contribution in [3.05, 3.63) is 34.6 Å². The van der Waals surface area contributed by atoms with Gasteiger partial charge in [-0.15, -0.1) is 0 Å². The van der Waals surface area contributed by atoms with Gasteiger partial charge in [0.25, 0.3) is 5.91 Å². The van der Waals surface area contributed by atoms with Gasteiger partial charge < -0.3 is 5.73 Å². The molecule has 0 radical (unpaired) electrons. The third-order valence-electron chi connectivity index (χ3n) is 1.92. The number of nitrogens with one attached hydrogen (secondary N) is 1. The van der Waals surface area contributed by atoms with Gasteiger partial charge in [0.2, 0.25) is 0 Å². The molecular weight excluding hydrogens is 221 g/mol. The lowest BCUT2D eigenvalue weighted by Crippen LogP contribution is -2.45. The van der Waals surface area contributed by atoms with Crippen molar-refractivity contribution in [1.82, 2.24) is 5.43 Å². The van der Waals surface area contributed by atoms with Gasteiger partial charge in [-0.3, -0.25) is 10.2 Å². The minimum Gasteiger partial charge on any atom is -0.320 e. The third kappa shape index (κ3) is 3.16. The lowest BCUT2D eigenvalue weighted by atomic mass is 10.1. The summed E-state index contributed by atoms with van der Waals surface area (Å²) in [5.41, 5.74) is 8.14. The number of amides is 1. The van der Waals surface area contributed by atoms with Gasteiger partial charge in [0, 0.05) is 0 Å². The first-order valence-electron chi connectivity index (χ1n) is 4.24. The molecule has 6 heteroatoms. The first kappa shape index (κ1) is 11.9. The molecule has 0 fully saturated rings. The zero-order chi connectivity index (χ0) is 11.4. The maximum Gasteiger partial charge on any atom is 0.251 e. The summed E-state index contributed by atoms with van der Waals surface area (Å²) in [6, 6.07) is 3.41. The molecule has 1 rings (SSSR count). The Balaban J connectivity index is 2.73. The fraction of sp³-hybridized carbons (Fsp3) is 0.222. The van der Waals surface area contributed by atoms with Crippen molar-refractivity contribution < 1.29 is 9.18 Å². The first-order chi connectivity index (χ1) is 7.04. The number of halogens is 2. The second-order valence-electron chi connectivity index (χ2n) is 3.07. The maximum absolute atomic E-state index is 12.8. The average Bonchev–Trinajstić information content (AvgIpc) is 2.22. The normalized spacial score (nSPS) is 12.3. The predicted octanol–water partition coefficient (Wildman–Crippen LogP) is 0.339. The van der Waals surface area contributed by atoms with E-state index in [-0.39, 0.29) is 11.4 Å². The number of carbonyl (C=O) groups excluding carboxylic acids is 1. The van der Waals surface area contributed by atoms with Crippen molar-refractivity contribution in [2.24, 2.45) is 11.6 Å². The Morgan fingerprint density at radius 1 is 1.60 bits per heavy atom. The molecule has 0 spiro atoms. The van der Waals surface area contributed by atoms with Gasteiger partial charge in [-0.2, -0.15) is 0 Å². The molecule has 0 aliphatic rings. The maximum atomic E-state index is 12.8. The molecule has 0 aliphatic heterocycles. The highest BCUT2D eigenvalue weighted by molar-refractivity contribution is 6.30. The summed E-state index contributed by atoms with van der Waals surface area (Å²) in [5, 5.41) is 0.00727. The highest BCUT2D eigenvalue weighted by atomic mass is 35.5. The van der Waals surface area contributed by atoms with Crippen molar-refractivity contribution >= 4 is 17.5 Å². The molecule has 0 saturated heterocycles. The van der Waals surface area contributed by atoms with Crippen LogP contribution in [-0.4, -0.2) is 11.9 Å². The van der Waals surface area contributed by atoms with Crippen molar-refractivity contribution in [2.45, 2.75) is 12.5 Å². The fourth-order valence-corrected chi connectivity index (χ4v) is 1.32. The highest BCUT2D eigenvalue weighted by Crippen LogP contribution is 2.16. The minimum atomic E-state index is -0.767. The Bertz CT molecular complexity index is 372. The molecule has 5 N–H and O–H groups in total. The molecule has 82 valence electrons. The molecule has 1 aromatic carbocycles. The minimum absolute atomic E-state index is 0.00727. The molecule has 0 aromatic heterocycles. The van der Waals surface area contributed by atoms with E-state index in [4.69, 9.17) is 23.2 Å². The van der Waals surface area contributed by atoms with E-state index in [1.165, 1.54) is 18.2 Å². The largest absolute Gasteiger partial charge is 0.320 e. The van der Waals surface area contributed by atoms with Crippen LogP contribution < -0.4 is 17.0 Å². The van der Waals surface area contributed by atoms with Crippen LogP contribution in [0, 0.1) is 5.82 Å². The molecule has 0 saturated carbocycles. The Morgan fingerprint density at radius 3 is 2.80 bits per heavy atom. The lowest BCUT2D eigenvalue weighted by Gasteiger charge is -2.09. The Hall–Kier alpha value is -1.17. The number of nitrogens with two attached hydrogens (primary N) is 2. The quantitative estimate of drug-likeness (QED) is 0.399. The number of carbonyl (C=O) groups is 1. The monoisotopic (exact) mass is 231 g/mol. The Morgan fingerprint density at radius 2 is 2.27 bits per heavy atom. The second-order valence-corrected chi connectivity index (χ2v) is 3.47. The van der Waals surface area contributed by atoms with E-state index >= 15 is 0 Å². The van der Waals surface area contributed by atoms with Gasteiger partial charge in [0.15, 0.2) is 0 Å². The summed E-state index contributed by atoms with van der Waals surface area (Å²) in [6.45, 7) is 0. The van der Waals surface area contributed by atoms with E-state index in [0.717, 1.165) is 0 Å². The van der Waals surface area contributed by atoms with Crippen molar-refractivity contribution in [3.63, 3.8) is 0 Å². The van der Waals surface area contributed by atoms with Gasteiger partial charge in [0.05, 0.1) is 11.1 Å². The van der Waals surface area contributed by atoms with Crippen LogP contribution in [0.15, 0.2) is 18.2 Å². The summed E-state index contributed by atoms with van der Waals surface area (Å²) in [5.74, 6) is 3.94. The van der Waals surface area contributed by atoms with Crippen LogP contribution >= 0.6 is 11.6 Å². The van der Waals surface area contributed by atoms with E-state index in [2.05, 4.69) is 0 Å². The molecule has 15 heavy (non-hydrogen) atoms. The number of hydrogen-bond donors (Lipinski definition) is 3. The Kier molecular flexibility index (Phi) is 4.02. The van der Waals surface area contributed by atoms with E-state index in [1.807, 2.05) is 5.43 Å². The first-order valence-corrected chi connectivity index (χ1v) is 4.62. The summed E-state index contributed by atoms with van der Waals surface area (Å²) in [4.78, 5) is 11.0. The molecule has 4 nitrogen and oxygen atoms in total. The van der Waals surface area contributed by atoms with Crippen LogP contribution in [0.4, 0.5) is 4.39 Å². The molecule has 1 unspecified atom stereocenters. The van der Waals surface area contributed by atoms with Crippen LogP contribution in [0.5, 0.6) is 0 Å². The molecule has 1 amide bonds. The molecule has 0 heterocycles. The molecule has 0 bridgehead atoms. The van der Waals surface area contributed by atoms with Gasteiger partial charge in [-0.1, -0.05) is 17.7 Å². The number of rotatable bonds is 3. The lowest BCUT2D eigenvalue weighted by molar-refractivity contribution is -0.122. The number of hydrazine groups is 1. The van der Waals surface area contributed by atoms with Crippen LogP contribution in [-0.2, 0) is 11.2 Å². The fourth-order valence-electron chi connectivity index (χ4n) is 1.12. The highest BCUT2D eigenvalue weighted by Gasteiger charge is 2.13. The van der Waals surface area contributed by atoms with Gasteiger partial charge in [-0.25, -0.2) is 10.2 Å². The van der Waals surface area contributed by atoms with Crippen molar-refractivity contribution in [3.8, 4) is 0 Å². The molecule has 1 aromatic rings. The number of benzene rings is 1. The van der Waals surface area contributed by atoms with Crippen molar-refractivity contribution in [1.29, 1.82) is 0 Å². The third-order valence-corrected chi connectivity index (χ3v) is 2.21. The summed E-state index contributed by atoms with van der Waals surface area (Å²) in [7, 11) is 0. The van der Waals surface area contributed by atoms with E-state index in [1.54, 1.807) is 0 Å². The zero-order valence-electron chi connectivity index (χ0n) is 7.84. The standard InChI is InChI=1S/C9H11ClFN3O/c10-6-3-5(1-2-7(6)11)4-8(12)9(15)14-13/h1-3,8H,4,12-13H2,(H,14,15). The topological polar surface area (TPSA) is 81.1 Å². The van der Waals surface area contributed by atoms with E-state index in [0.29, 0.717) is 5.56 Å².